The van der Waals surface area contributed by atoms with Crippen LogP contribution in [0, 0.1) is 0 Å². The van der Waals surface area contributed by atoms with Crippen LogP contribution in [0.4, 0.5) is 4.79 Å². The molecule has 1 aliphatic heterocycles. The number of piperidine rings is 1. The zero-order valence-electron chi connectivity index (χ0n) is 9.08. The molecule has 1 N–H and O–H groups in total. The van der Waals surface area contributed by atoms with E-state index in [0.717, 1.165) is 32.5 Å². The van der Waals surface area contributed by atoms with Gasteiger partial charge in [-0.1, -0.05) is 0 Å². The molecule has 14 heavy (non-hydrogen) atoms. The lowest BCUT2D eigenvalue weighted by Gasteiger charge is -2.31. The van der Waals surface area contributed by atoms with Crippen molar-refractivity contribution >= 4 is 6.03 Å². The van der Waals surface area contributed by atoms with Crippen LogP contribution in [0.15, 0.2) is 0 Å². The molecule has 2 amide bonds. The SMILES string of the molecule is CCNC(=O)N1CCC(OCC)CC1. The van der Waals surface area contributed by atoms with Gasteiger partial charge in [0, 0.05) is 26.2 Å². The van der Waals surface area contributed by atoms with Crippen LogP contribution >= 0.6 is 0 Å². The minimum atomic E-state index is 0.0578. The number of hydrogen-bond donors (Lipinski definition) is 1. The van der Waals surface area contributed by atoms with Crippen LogP contribution in [-0.4, -0.2) is 43.3 Å². The predicted molar refractivity (Wildman–Crippen MR) is 55.3 cm³/mol. The number of rotatable bonds is 3. The number of carbonyl (C=O) groups excluding carboxylic acids is 1. The zero-order chi connectivity index (χ0) is 10.4. The molecule has 0 bridgehead atoms. The van der Waals surface area contributed by atoms with Crippen molar-refractivity contribution in [3.05, 3.63) is 0 Å². The Balaban J connectivity index is 2.24. The van der Waals surface area contributed by atoms with Crippen LogP contribution in [-0.2, 0) is 4.74 Å². The first kappa shape index (κ1) is 11.3. The summed E-state index contributed by atoms with van der Waals surface area (Å²) < 4.78 is 5.51. The van der Waals surface area contributed by atoms with Gasteiger partial charge in [-0.15, -0.1) is 0 Å². The Kier molecular flexibility index (Phi) is 4.73. The van der Waals surface area contributed by atoms with E-state index in [-0.39, 0.29) is 6.03 Å². The van der Waals surface area contributed by atoms with E-state index < -0.39 is 0 Å². The maximum atomic E-state index is 11.4. The van der Waals surface area contributed by atoms with Gasteiger partial charge in [-0.25, -0.2) is 4.79 Å². The normalized spacial score (nSPS) is 18.3. The molecule has 0 aromatic rings. The van der Waals surface area contributed by atoms with E-state index in [0.29, 0.717) is 12.6 Å². The standard InChI is InChI=1S/C10H20N2O2/c1-3-11-10(13)12-7-5-9(6-8-12)14-4-2/h9H,3-8H2,1-2H3,(H,11,13). The molecule has 1 fully saturated rings. The summed E-state index contributed by atoms with van der Waals surface area (Å²) in [6.07, 6.45) is 2.28. The second kappa shape index (κ2) is 5.86. The van der Waals surface area contributed by atoms with Crippen molar-refractivity contribution in [2.45, 2.75) is 32.8 Å². The molecular formula is C10H20N2O2. The van der Waals surface area contributed by atoms with Gasteiger partial charge in [0.05, 0.1) is 6.10 Å². The molecule has 4 nitrogen and oxygen atoms in total. The highest BCUT2D eigenvalue weighted by atomic mass is 16.5. The highest BCUT2D eigenvalue weighted by molar-refractivity contribution is 5.74. The van der Waals surface area contributed by atoms with Crippen LogP contribution in [0.2, 0.25) is 0 Å². The first-order valence-corrected chi connectivity index (χ1v) is 5.42. The number of carbonyl (C=O) groups is 1. The fourth-order valence-corrected chi connectivity index (χ4v) is 1.72. The molecule has 0 aliphatic carbocycles. The summed E-state index contributed by atoms with van der Waals surface area (Å²) in [7, 11) is 0. The lowest BCUT2D eigenvalue weighted by molar-refractivity contribution is 0.0221. The van der Waals surface area contributed by atoms with Gasteiger partial charge < -0.3 is 15.0 Å². The number of ether oxygens (including phenoxy) is 1. The van der Waals surface area contributed by atoms with Gasteiger partial charge in [0.1, 0.15) is 0 Å². The number of urea groups is 1. The molecule has 0 aromatic heterocycles. The van der Waals surface area contributed by atoms with Crippen LogP contribution in [0.3, 0.4) is 0 Å². The molecule has 1 rings (SSSR count). The molecule has 1 saturated heterocycles. The molecule has 0 atom stereocenters. The molecule has 0 saturated carbocycles. The van der Waals surface area contributed by atoms with Crippen molar-refractivity contribution in [2.75, 3.05) is 26.2 Å². The van der Waals surface area contributed by atoms with Crippen LogP contribution in [0.5, 0.6) is 0 Å². The highest BCUT2D eigenvalue weighted by Crippen LogP contribution is 2.13. The monoisotopic (exact) mass is 200 g/mol. The minimum absolute atomic E-state index is 0.0578. The number of nitrogens with zero attached hydrogens (tertiary/aromatic N) is 1. The number of hydrogen-bond acceptors (Lipinski definition) is 2. The van der Waals surface area contributed by atoms with Gasteiger partial charge in [0.15, 0.2) is 0 Å². The van der Waals surface area contributed by atoms with Gasteiger partial charge in [-0.3, -0.25) is 0 Å². The summed E-state index contributed by atoms with van der Waals surface area (Å²) >= 11 is 0. The maximum Gasteiger partial charge on any atom is 0.317 e. The average molecular weight is 200 g/mol. The van der Waals surface area contributed by atoms with Crippen molar-refractivity contribution in [1.29, 1.82) is 0 Å². The fraction of sp³-hybridized carbons (Fsp3) is 0.900. The van der Waals surface area contributed by atoms with E-state index in [9.17, 15) is 4.79 Å². The lowest BCUT2D eigenvalue weighted by Crippen LogP contribution is -2.45. The Labute approximate surface area is 85.6 Å². The first-order valence-electron chi connectivity index (χ1n) is 5.42. The molecule has 0 radical (unpaired) electrons. The van der Waals surface area contributed by atoms with Crippen LogP contribution in [0.25, 0.3) is 0 Å². The maximum absolute atomic E-state index is 11.4. The third kappa shape index (κ3) is 3.18. The molecule has 82 valence electrons. The smallest absolute Gasteiger partial charge is 0.317 e. The van der Waals surface area contributed by atoms with Crippen molar-refractivity contribution in [2.24, 2.45) is 0 Å². The van der Waals surface area contributed by atoms with Crippen molar-refractivity contribution in [3.8, 4) is 0 Å². The summed E-state index contributed by atoms with van der Waals surface area (Å²) in [6, 6.07) is 0.0578. The molecule has 0 unspecified atom stereocenters. The third-order valence-electron chi connectivity index (χ3n) is 2.46. The summed E-state index contributed by atoms with van der Waals surface area (Å²) in [5.41, 5.74) is 0. The largest absolute Gasteiger partial charge is 0.378 e. The van der Waals surface area contributed by atoms with E-state index >= 15 is 0 Å². The van der Waals surface area contributed by atoms with Gasteiger partial charge in [-0.2, -0.15) is 0 Å². The van der Waals surface area contributed by atoms with Crippen LogP contribution in [0.1, 0.15) is 26.7 Å². The molecule has 4 heteroatoms. The van der Waals surface area contributed by atoms with Crippen molar-refractivity contribution in [3.63, 3.8) is 0 Å². The second-order valence-corrected chi connectivity index (χ2v) is 3.48. The average Bonchev–Trinajstić information content (AvgIpc) is 2.20. The Hall–Kier alpha value is -0.770. The van der Waals surface area contributed by atoms with E-state index in [4.69, 9.17) is 4.74 Å². The highest BCUT2D eigenvalue weighted by Gasteiger charge is 2.22. The number of nitrogens with one attached hydrogen (secondary N) is 1. The molecular weight excluding hydrogens is 180 g/mol. The third-order valence-corrected chi connectivity index (χ3v) is 2.46. The minimum Gasteiger partial charge on any atom is -0.378 e. The Morgan fingerprint density at radius 2 is 2.07 bits per heavy atom. The molecule has 0 aromatic carbocycles. The van der Waals surface area contributed by atoms with Crippen molar-refractivity contribution < 1.29 is 9.53 Å². The lowest BCUT2D eigenvalue weighted by atomic mass is 10.1. The van der Waals surface area contributed by atoms with E-state index in [2.05, 4.69) is 5.32 Å². The number of likely N-dealkylation sites (tertiary alicyclic amines) is 1. The summed E-state index contributed by atoms with van der Waals surface area (Å²) in [5, 5.41) is 2.81. The quantitative estimate of drug-likeness (QED) is 0.744. The fourth-order valence-electron chi connectivity index (χ4n) is 1.72. The molecule has 1 aliphatic rings. The number of amides is 2. The summed E-state index contributed by atoms with van der Waals surface area (Å²) in [5.74, 6) is 0. The second-order valence-electron chi connectivity index (χ2n) is 3.48. The van der Waals surface area contributed by atoms with E-state index in [1.54, 1.807) is 0 Å². The zero-order valence-corrected chi connectivity index (χ0v) is 9.08. The molecule has 1 heterocycles. The Morgan fingerprint density at radius 3 is 2.57 bits per heavy atom. The van der Waals surface area contributed by atoms with E-state index in [1.807, 2.05) is 18.7 Å². The summed E-state index contributed by atoms with van der Waals surface area (Å²) in [4.78, 5) is 13.3. The van der Waals surface area contributed by atoms with Gasteiger partial charge >= 0.3 is 6.03 Å². The Bertz CT molecular complexity index is 177. The van der Waals surface area contributed by atoms with Crippen LogP contribution < -0.4 is 5.32 Å². The molecule has 0 spiro atoms. The van der Waals surface area contributed by atoms with E-state index in [1.165, 1.54) is 0 Å². The Morgan fingerprint density at radius 1 is 1.43 bits per heavy atom. The topological polar surface area (TPSA) is 41.6 Å². The van der Waals surface area contributed by atoms with Gasteiger partial charge in [0.25, 0.3) is 0 Å². The first-order chi connectivity index (χ1) is 6.77. The van der Waals surface area contributed by atoms with Crippen molar-refractivity contribution in [1.82, 2.24) is 10.2 Å². The summed E-state index contributed by atoms with van der Waals surface area (Å²) in [6.45, 7) is 7.05. The predicted octanol–water partition coefficient (Wildman–Crippen LogP) is 1.22. The van der Waals surface area contributed by atoms with Gasteiger partial charge in [0.2, 0.25) is 0 Å². The van der Waals surface area contributed by atoms with Gasteiger partial charge in [-0.05, 0) is 26.7 Å².